The molecule has 1 spiro atoms. The van der Waals surface area contributed by atoms with Crippen molar-refractivity contribution in [3.63, 3.8) is 0 Å². The van der Waals surface area contributed by atoms with Crippen LogP contribution in [0.4, 0.5) is 10.5 Å². The molecule has 25 heavy (non-hydrogen) atoms. The van der Waals surface area contributed by atoms with Gasteiger partial charge in [-0.1, -0.05) is 11.6 Å². The summed E-state index contributed by atoms with van der Waals surface area (Å²) in [5.74, 6) is -0.399. The number of hydrogen-bond donors (Lipinski definition) is 2. The third-order valence-corrected chi connectivity index (χ3v) is 4.72. The number of hydrogen-bond acceptors (Lipinski definition) is 5. The number of nitrogens with one attached hydrogen (secondary N) is 2. The van der Waals surface area contributed by atoms with E-state index in [1.54, 1.807) is 32.8 Å². The molecule has 0 aromatic carbocycles. The highest BCUT2D eigenvalue weighted by molar-refractivity contribution is 6.34. The lowest BCUT2D eigenvalue weighted by atomic mass is 9.83. The second-order valence-corrected chi connectivity index (χ2v) is 7.77. The first-order chi connectivity index (χ1) is 11.5. The second-order valence-electron chi connectivity index (χ2n) is 7.36. The van der Waals surface area contributed by atoms with Gasteiger partial charge in [-0.05, 0) is 46.1 Å². The number of rotatable bonds is 1. The highest BCUT2D eigenvalue weighted by atomic mass is 35.5. The summed E-state index contributed by atoms with van der Waals surface area (Å²) < 4.78 is 6.40. The van der Waals surface area contributed by atoms with E-state index in [1.807, 2.05) is 0 Å². The van der Waals surface area contributed by atoms with Gasteiger partial charge >= 0.3 is 6.09 Å². The van der Waals surface area contributed by atoms with Gasteiger partial charge in [-0.15, -0.1) is 0 Å². The monoisotopic (exact) mass is 368 g/mol. The first kappa shape index (κ1) is 17.6. The molecule has 2 aliphatic rings. The number of fused-ring (bicyclic) bond motifs is 1. The number of anilines is 1. The highest BCUT2D eigenvalue weighted by Crippen LogP contribution is 2.37. The van der Waals surface area contributed by atoms with E-state index in [4.69, 9.17) is 16.3 Å². The zero-order valence-electron chi connectivity index (χ0n) is 14.6. The largest absolute Gasteiger partial charge is 0.444 e. The molecule has 8 nitrogen and oxygen atoms in total. The average molecular weight is 369 g/mol. The van der Waals surface area contributed by atoms with E-state index < -0.39 is 28.8 Å². The molecule has 1 aromatic heterocycles. The van der Waals surface area contributed by atoms with Crippen LogP contribution in [0.5, 0.6) is 0 Å². The van der Waals surface area contributed by atoms with E-state index in [-0.39, 0.29) is 16.4 Å². The van der Waals surface area contributed by atoms with Crippen LogP contribution in [-0.4, -0.2) is 35.0 Å². The highest BCUT2D eigenvalue weighted by Gasteiger charge is 2.48. The lowest BCUT2D eigenvalue weighted by molar-refractivity contribution is 0.0635. The Morgan fingerprint density at radius 2 is 2.00 bits per heavy atom. The fraction of sp³-hybridized carbons (Fsp3) is 0.562. The van der Waals surface area contributed by atoms with E-state index in [0.29, 0.717) is 0 Å². The Hall–Kier alpha value is -2.22. The van der Waals surface area contributed by atoms with Crippen LogP contribution in [-0.2, 0) is 4.74 Å². The number of nitrogens with zero attached hydrogens (tertiary/aromatic N) is 2. The van der Waals surface area contributed by atoms with Crippen LogP contribution < -0.4 is 21.2 Å². The van der Waals surface area contributed by atoms with E-state index in [2.05, 4.69) is 10.6 Å². The van der Waals surface area contributed by atoms with Crippen molar-refractivity contribution in [3.05, 3.63) is 27.1 Å². The molecule has 136 valence electrons. The molecule has 3 rings (SSSR count). The quantitative estimate of drug-likeness (QED) is 0.791. The van der Waals surface area contributed by atoms with Crippen molar-refractivity contribution >= 4 is 29.3 Å². The maximum absolute atomic E-state index is 12.9. The van der Waals surface area contributed by atoms with Gasteiger partial charge in [-0.25, -0.2) is 9.47 Å². The lowest BCUT2D eigenvalue weighted by Gasteiger charge is -2.53. The number of pyridine rings is 1. The van der Waals surface area contributed by atoms with Crippen LogP contribution in [0, 0.1) is 0 Å². The minimum atomic E-state index is -0.762. The second kappa shape index (κ2) is 5.66. The minimum Gasteiger partial charge on any atom is -0.444 e. The Bertz CT molecular complexity index is 808. The third kappa shape index (κ3) is 2.95. The first-order valence-corrected chi connectivity index (χ1v) is 8.44. The van der Waals surface area contributed by atoms with Crippen LogP contribution in [0.2, 0.25) is 5.02 Å². The molecule has 0 unspecified atom stereocenters. The summed E-state index contributed by atoms with van der Waals surface area (Å²) in [4.78, 5) is 37.3. The van der Waals surface area contributed by atoms with Gasteiger partial charge in [0.25, 0.3) is 11.5 Å². The summed E-state index contributed by atoms with van der Waals surface area (Å²) in [7, 11) is 1.72. The van der Waals surface area contributed by atoms with Gasteiger partial charge in [-0.2, -0.15) is 0 Å². The Kier molecular flexibility index (Phi) is 3.98. The molecule has 1 saturated carbocycles. The molecule has 0 radical (unpaired) electrons. The zero-order valence-corrected chi connectivity index (χ0v) is 15.4. The number of halogens is 1. The predicted octanol–water partition coefficient (Wildman–Crippen LogP) is 2.04. The summed E-state index contributed by atoms with van der Waals surface area (Å²) in [6.07, 6.45) is 1.67. The number of ether oxygens (including phenoxy) is 1. The first-order valence-electron chi connectivity index (χ1n) is 8.06. The summed E-state index contributed by atoms with van der Waals surface area (Å²) in [5.41, 5.74) is -1.80. The average Bonchev–Trinajstić information content (AvgIpc) is 2.42. The van der Waals surface area contributed by atoms with Gasteiger partial charge in [0.15, 0.2) is 0 Å². The van der Waals surface area contributed by atoms with Crippen LogP contribution in [0.1, 0.15) is 50.5 Å². The van der Waals surface area contributed by atoms with Crippen molar-refractivity contribution in [3.8, 4) is 0 Å². The summed E-state index contributed by atoms with van der Waals surface area (Å²) in [5, 5.41) is 7.10. The third-order valence-electron chi connectivity index (χ3n) is 4.43. The van der Waals surface area contributed by atoms with E-state index in [9.17, 15) is 14.4 Å². The molecule has 0 bridgehead atoms. The zero-order chi connectivity index (χ0) is 18.6. The van der Waals surface area contributed by atoms with Crippen molar-refractivity contribution < 1.29 is 14.3 Å². The van der Waals surface area contributed by atoms with Crippen LogP contribution >= 0.6 is 11.6 Å². The number of amides is 2. The van der Waals surface area contributed by atoms with Gasteiger partial charge in [-0.3, -0.25) is 19.9 Å². The molecule has 1 aliphatic heterocycles. The standard InChI is InChI=1S/C16H21ClN4O4/c1-15(2,3)25-14(24)18-10-8-9(17)11-12(22)19-16(6-5-7-16)20(4)21(11)13(10)23/h8H,5-7H2,1-4H3,(H,18,24)(H,19,22). The minimum absolute atomic E-state index is 0.0426. The molecular formula is C16H21ClN4O4. The Morgan fingerprint density at radius 1 is 1.36 bits per heavy atom. The van der Waals surface area contributed by atoms with E-state index >= 15 is 0 Å². The molecule has 0 atom stereocenters. The molecular weight excluding hydrogens is 348 g/mol. The summed E-state index contributed by atoms with van der Waals surface area (Å²) in [6, 6.07) is 1.27. The van der Waals surface area contributed by atoms with E-state index in [1.165, 1.54) is 10.7 Å². The van der Waals surface area contributed by atoms with Crippen molar-refractivity contribution in [1.29, 1.82) is 0 Å². The molecule has 1 fully saturated rings. The van der Waals surface area contributed by atoms with Crippen molar-refractivity contribution in [2.24, 2.45) is 0 Å². The summed E-state index contributed by atoms with van der Waals surface area (Å²) >= 11 is 6.21. The molecule has 0 saturated heterocycles. The Labute approximate surface area is 150 Å². The fourth-order valence-corrected chi connectivity index (χ4v) is 3.35. The Morgan fingerprint density at radius 3 is 2.52 bits per heavy atom. The van der Waals surface area contributed by atoms with Crippen LogP contribution in [0.25, 0.3) is 0 Å². The van der Waals surface area contributed by atoms with Gasteiger partial charge in [0.2, 0.25) is 0 Å². The lowest BCUT2D eigenvalue weighted by Crippen LogP contribution is -2.72. The maximum Gasteiger partial charge on any atom is 0.412 e. The predicted molar refractivity (Wildman–Crippen MR) is 93.8 cm³/mol. The molecule has 2 amide bonds. The Balaban J connectivity index is 2.02. The van der Waals surface area contributed by atoms with Crippen molar-refractivity contribution in [2.45, 2.75) is 51.3 Å². The smallest absolute Gasteiger partial charge is 0.412 e. The number of carbonyl (C=O) groups excluding carboxylic acids is 2. The number of carbonyl (C=O) groups is 2. The SMILES string of the molecule is CN1n2c(c(Cl)cc(NC(=O)OC(C)(C)C)c2=O)C(=O)NC12CCC2. The molecule has 2 N–H and O–H groups in total. The van der Waals surface area contributed by atoms with Crippen LogP contribution in [0.3, 0.4) is 0 Å². The van der Waals surface area contributed by atoms with E-state index in [0.717, 1.165) is 19.3 Å². The van der Waals surface area contributed by atoms with Crippen molar-refractivity contribution in [1.82, 2.24) is 9.99 Å². The van der Waals surface area contributed by atoms with Gasteiger partial charge < -0.3 is 10.1 Å². The molecule has 1 aromatic rings. The number of aromatic nitrogens is 1. The normalized spacial score (nSPS) is 18.3. The maximum atomic E-state index is 12.9. The topological polar surface area (TPSA) is 92.7 Å². The van der Waals surface area contributed by atoms with Crippen molar-refractivity contribution in [2.75, 3.05) is 17.4 Å². The molecule has 2 heterocycles. The van der Waals surface area contributed by atoms with Gasteiger partial charge in [0, 0.05) is 7.05 Å². The van der Waals surface area contributed by atoms with Gasteiger partial charge in [0.05, 0.1) is 5.02 Å². The fourth-order valence-electron chi connectivity index (χ4n) is 3.07. The summed E-state index contributed by atoms with van der Waals surface area (Å²) in [6.45, 7) is 5.16. The van der Waals surface area contributed by atoms with Crippen LogP contribution in [0.15, 0.2) is 10.9 Å². The molecule has 1 aliphatic carbocycles. The molecule has 9 heteroatoms. The van der Waals surface area contributed by atoms with Gasteiger partial charge in [0.1, 0.15) is 22.6 Å².